The number of unbranched alkanes of at least 4 members (excludes halogenated alkanes) is 1. The smallest absolute Gasteiger partial charge is 0.338 e. The molecule has 4 heteroatoms. The van der Waals surface area contributed by atoms with Gasteiger partial charge in [-0.05, 0) is 18.6 Å². The summed E-state index contributed by atoms with van der Waals surface area (Å²) in [5.41, 5.74) is 6.30. The van der Waals surface area contributed by atoms with Gasteiger partial charge in [-0.2, -0.15) is 0 Å². The van der Waals surface area contributed by atoms with E-state index in [1.54, 1.807) is 24.3 Å². The van der Waals surface area contributed by atoms with E-state index in [0.29, 0.717) is 17.7 Å². The van der Waals surface area contributed by atoms with Crippen LogP contribution in [0.2, 0.25) is 0 Å². The van der Waals surface area contributed by atoms with Gasteiger partial charge in [0.05, 0.1) is 12.2 Å². The highest BCUT2D eigenvalue weighted by atomic mass is 16.5. The zero-order valence-electron chi connectivity index (χ0n) is 9.32. The second kappa shape index (κ2) is 5.90. The minimum atomic E-state index is -0.364. The summed E-state index contributed by atoms with van der Waals surface area (Å²) in [4.78, 5) is 11.6. The molecule has 0 unspecified atom stereocenters. The van der Waals surface area contributed by atoms with Gasteiger partial charge in [-0.1, -0.05) is 25.5 Å². The molecule has 0 heterocycles. The fourth-order valence-corrected chi connectivity index (χ4v) is 1.21. The van der Waals surface area contributed by atoms with Gasteiger partial charge in [0.15, 0.2) is 0 Å². The number of carbonyl (C=O) groups excluding carboxylic acids is 1. The molecule has 0 saturated carbocycles. The predicted molar refractivity (Wildman–Crippen MR) is 62.6 cm³/mol. The van der Waals surface area contributed by atoms with Crippen molar-refractivity contribution in [2.75, 3.05) is 6.61 Å². The number of nitrogens with one attached hydrogen (secondary N) is 1. The Morgan fingerprint density at radius 3 is 2.75 bits per heavy atom. The van der Waals surface area contributed by atoms with Crippen molar-refractivity contribution in [3.05, 3.63) is 35.4 Å². The van der Waals surface area contributed by atoms with E-state index in [2.05, 4.69) is 0 Å². The van der Waals surface area contributed by atoms with Crippen molar-refractivity contribution in [3.8, 4) is 0 Å². The van der Waals surface area contributed by atoms with E-state index in [4.69, 9.17) is 15.9 Å². The SMILES string of the molecule is CCCCOC(=O)c1cccc(C(=N)N)c1. The molecular formula is C12H16N2O2. The van der Waals surface area contributed by atoms with E-state index in [-0.39, 0.29) is 11.8 Å². The molecule has 0 aromatic heterocycles. The van der Waals surface area contributed by atoms with Crippen LogP contribution in [0.5, 0.6) is 0 Å². The van der Waals surface area contributed by atoms with Crippen LogP contribution in [0.4, 0.5) is 0 Å². The Bertz CT molecular complexity index is 388. The molecule has 1 rings (SSSR count). The number of hydrogen-bond donors (Lipinski definition) is 2. The monoisotopic (exact) mass is 220 g/mol. The van der Waals surface area contributed by atoms with Crippen LogP contribution in [0.15, 0.2) is 24.3 Å². The number of hydrogen-bond acceptors (Lipinski definition) is 3. The topological polar surface area (TPSA) is 76.2 Å². The highest BCUT2D eigenvalue weighted by molar-refractivity contribution is 5.98. The molecule has 0 fully saturated rings. The van der Waals surface area contributed by atoms with Crippen molar-refractivity contribution in [2.24, 2.45) is 5.73 Å². The first-order valence-corrected chi connectivity index (χ1v) is 5.26. The molecule has 0 radical (unpaired) electrons. The van der Waals surface area contributed by atoms with Crippen LogP contribution in [0.1, 0.15) is 35.7 Å². The first-order chi connectivity index (χ1) is 7.65. The maximum Gasteiger partial charge on any atom is 0.338 e. The highest BCUT2D eigenvalue weighted by Gasteiger charge is 2.07. The Hall–Kier alpha value is -1.84. The minimum Gasteiger partial charge on any atom is -0.462 e. The highest BCUT2D eigenvalue weighted by Crippen LogP contribution is 2.06. The molecular weight excluding hydrogens is 204 g/mol. The van der Waals surface area contributed by atoms with E-state index in [9.17, 15) is 4.79 Å². The molecule has 0 amide bonds. The Labute approximate surface area is 94.9 Å². The molecule has 0 atom stereocenters. The maximum atomic E-state index is 11.6. The molecule has 16 heavy (non-hydrogen) atoms. The number of ether oxygens (including phenoxy) is 1. The van der Waals surface area contributed by atoms with Crippen molar-refractivity contribution in [3.63, 3.8) is 0 Å². The van der Waals surface area contributed by atoms with Crippen molar-refractivity contribution in [1.82, 2.24) is 0 Å². The number of rotatable bonds is 5. The number of carbonyl (C=O) groups is 1. The number of benzene rings is 1. The Balaban J connectivity index is 2.68. The summed E-state index contributed by atoms with van der Waals surface area (Å²) < 4.78 is 5.05. The quantitative estimate of drug-likeness (QED) is 0.344. The average Bonchev–Trinajstić information content (AvgIpc) is 2.29. The fraction of sp³-hybridized carbons (Fsp3) is 0.333. The molecule has 0 bridgehead atoms. The fourth-order valence-electron chi connectivity index (χ4n) is 1.21. The summed E-state index contributed by atoms with van der Waals surface area (Å²) in [5, 5.41) is 7.27. The summed E-state index contributed by atoms with van der Waals surface area (Å²) in [6.07, 6.45) is 1.85. The molecule has 0 spiro atoms. The van der Waals surface area contributed by atoms with Gasteiger partial charge < -0.3 is 10.5 Å². The van der Waals surface area contributed by atoms with Gasteiger partial charge in [0.25, 0.3) is 0 Å². The second-order valence-corrected chi connectivity index (χ2v) is 3.48. The third-order valence-electron chi connectivity index (χ3n) is 2.14. The molecule has 0 aliphatic heterocycles. The summed E-state index contributed by atoms with van der Waals surface area (Å²) in [5.74, 6) is -0.417. The summed E-state index contributed by atoms with van der Waals surface area (Å²) in [6.45, 7) is 2.46. The van der Waals surface area contributed by atoms with Crippen molar-refractivity contribution < 1.29 is 9.53 Å². The molecule has 4 nitrogen and oxygen atoms in total. The van der Waals surface area contributed by atoms with Gasteiger partial charge in [-0.15, -0.1) is 0 Å². The van der Waals surface area contributed by atoms with Gasteiger partial charge >= 0.3 is 5.97 Å². The number of nitrogens with two attached hydrogens (primary N) is 1. The summed E-state index contributed by atoms with van der Waals surface area (Å²) >= 11 is 0. The largest absolute Gasteiger partial charge is 0.462 e. The molecule has 1 aromatic rings. The third kappa shape index (κ3) is 3.38. The van der Waals surface area contributed by atoms with Gasteiger partial charge in [0.2, 0.25) is 0 Å². The summed E-state index contributed by atoms with van der Waals surface area (Å²) in [7, 11) is 0. The lowest BCUT2D eigenvalue weighted by molar-refractivity contribution is 0.0499. The predicted octanol–water partition coefficient (Wildman–Crippen LogP) is 1.93. The maximum absolute atomic E-state index is 11.6. The van der Waals surface area contributed by atoms with Crippen molar-refractivity contribution >= 4 is 11.8 Å². The van der Waals surface area contributed by atoms with Crippen LogP contribution in [0, 0.1) is 5.41 Å². The van der Waals surface area contributed by atoms with Gasteiger partial charge in [0.1, 0.15) is 5.84 Å². The van der Waals surface area contributed by atoms with Crippen molar-refractivity contribution in [1.29, 1.82) is 5.41 Å². The van der Waals surface area contributed by atoms with E-state index in [1.807, 2.05) is 6.92 Å². The van der Waals surface area contributed by atoms with E-state index in [1.165, 1.54) is 0 Å². The van der Waals surface area contributed by atoms with E-state index < -0.39 is 0 Å². The Kier molecular flexibility index (Phi) is 4.51. The third-order valence-corrected chi connectivity index (χ3v) is 2.14. The summed E-state index contributed by atoms with van der Waals surface area (Å²) in [6, 6.07) is 6.59. The number of amidine groups is 1. The van der Waals surface area contributed by atoms with Crippen LogP contribution in [0.25, 0.3) is 0 Å². The Morgan fingerprint density at radius 1 is 1.44 bits per heavy atom. The van der Waals surface area contributed by atoms with Crippen LogP contribution < -0.4 is 5.73 Å². The normalized spacial score (nSPS) is 9.81. The number of esters is 1. The number of nitrogen functional groups attached to an aromatic ring is 1. The minimum absolute atomic E-state index is 0.0526. The molecule has 1 aromatic carbocycles. The average molecular weight is 220 g/mol. The van der Waals surface area contributed by atoms with Crippen LogP contribution in [0.3, 0.4) is 0 Å². The van der Waals surface area contributed by atoms with Crippen LogP contribution in [-0.2, 0) is 4.74 Å². The lowest BCUT2D eigenvalue weighted by atomic mass is 10.1. The Morgan fingerprint density at radius 2 is 2.12 bits per heavy atom. The van der Waals surface area contributed by atoms with Gasteiger partial charge in [-0.25, -0.2) is 4.79 Å². The van der Waals surface area contributed by atoms with Crippen LogP contribution in [-0.4, -0.2) is 18.4 Å². The molecule has 86 valence electrons. The zero-order chi connectivity index (χ0) is 12.0. The first kappa shape index (κ1) is 12.2. The van der Waals surface area contributed by atoms with Gasteiger partial charge in [-0.3, -0.25) is 5.41 Å². The first-order valence-electron chi connectivity index (χ1n) is 5.26. The van der Waals surface area contributed by atoms with Crippen LogP contribution >= 0.6 is 0 Å². The lowest BCUT2D eigenvalue weighted by Crippen LogP contribution is -2.13. The molecule has 3 N–H and O–H groups in total. The molecule has 0 aliphatic carbocycles. The van der Waals surface area contributed by atoms with E-state index >= 15 is 0 Å². The molecule has 0 aliphatic rings. The standard InChI is InChI=1S/C12H16N2O2/c1-2-3-7-16-12(15)10-6-4-5-9(8-10)11(13)14/h4-6,8H,2-3,7H2,1H3,(H3,13,14). The van der Waals surface area contributed by atoms with E-state index in [0.717, 1.165) is 12.8 Å². The van der Waals surface area contributed by atoms with Crippen molar-refractivity contribution in [2.45, 2.75) is 19.8 Å². The molecule has 0 saturated heterocycles. The van der Waals surface area contributed by atoms with Gasteiger partial charge in [0, 0.05) is 5.56 Å². The lowest BCUT2D eigenvalue weighted by Gasteiger charge is -2.05. The second-order valence-electron chi connectivity index (χ2n) is 3.48. The zero-order valence-corrected chi connectivity index (χ0v) is 9.32.